The van der Waals surface area contributed by atoms with Crippen LogP contribution in [0.1, 0.15) is 23.7 Å². The summed E-state index contributed by atoms with van der Waals surface area (Å²) in [5, 5.41) is 5.82. The van der Waals surface area contributed by atoms with Crippen molar-refractivity contribution in [2.45, 2.75) is 23.1 Å². The van der Waals surface area contributed by atoms with E-state index < -0.39 is 0 Å². The SMILES string of the molecule is CCOc1ccc(NC(=O)c2ccc(NC(=O)CCN3c4ccccc4Sc4ccccc43)cc2)cc1. The molecule has 2 amide bonds. The van der Waals surface area contributed by atoms with Crippen molar-refractivity contribution in [2.75, 3.05) is 28.7 Å². The molecule has 2 N–H and O–H groups in total. The van der Waals surface area contributed by atoms with Gasteiger partial charge in [-0.05, 0) is 79.7 Å². The first-order chi connectivity index (χ1) is 18.1. The molecule has 0 aromatic heterocycles. The van der Waals surface area contributed by atoms with Crippen LogP contribution in [0, 0.1) is 0 Å². The number of hydrogen-bond acceptors (Lipinski definition) is 5. The Morgan fingerprint density at radius 2 is 1.32 bits per heavy atom. The van der Waals surface area contributed by atoms with Gasteiger partial charge in [0.1, 0.15) is 5.75 Å². The summed E-state index contributed by atoms with van der Waals surface area (Å²) in [6.07, 6.45) is 0.327. The summed E-state index contributed by atoms with van der Waals surface area (Å²) >= 11 is 1.75. The summed E-state index contributed by atoms with van der Waals surface area (Å²) in [7, 11) is 0. The third kappa shape index (κ3) is 5.78. The number of nitrogens with one attached hydrogen (secondary N) is 2. The van der Waals surface area contributed by atoms with Gasteiger partial charge < -0.3 is 20.3 Å². The van der Waals surface area contributed by atoms with Crippen LogP contribution in [0.4, 0.5) is 22.7 Å². The van der Waals surface area contributed by atoms with Gasteiger partial charge in [0.05, 0.1) is 18.0 Å². The number of fused-ring (bicyclic) bond motifs is 2. The van der Waals surface area contributed by atoms with Gasteiger partial charge in [0, 0.05) is 39.7 Å². The van der Waals surface area contributed by atoms with E-state index in [0.717, 1.165) is 17.1 Å². The molecule has 0 unspecified atom stereocenters. The van der Waals surface area contributed by atoms with Gasteiger partial charge >= 0.3 is 0 Å². The van der Waals surface area contributed by atoms with Crippen LogP contribution >= 0.6 is 11.8 Å². The lowest BCUT2D eigenvalue weighted by Crippen LogP contribution is -2.25. The average Bonchev–Trinajstić information content (AvgIpc) is 2.92. The Morgan fingerprint density at radius 1 is 0.757 bits per heavy atom. The zero-order chi connectivity index (χ0) is 25.6. The zero-order valence-electron chi connectivity index (χ0n) is 20.4. The van der Waals surface area contributed by atoms with E-state index in [9.17, 15) is 9.59 Å². The van der Waals surface area contributed by atoms with E-state index in [1.165, 1.54) is 9.79 Å². The molecule has 6 nitrogen and oxygen atoms in total. The van der Waals surface area contributed by atoms with Crippen molar-refractivity contribution < 1.29 is 14.3 Å². The molecule has 1 heterocycles. The van der Waals surface area contributed by atoms with E-state index in [4.69, 9.17) is 4.74 Å². The maximum atomic E-state index is 12.8. The van der Waals surface area contributed by atoms with Crippen LogP contribution in [-0.2, 0) is 4.79 Å². The fourth-order valence-corrected chi connectivity index (χ4v) is 5.26. The van der Waals surface area contributed by atoms with Crippen molar-refractivity contribution in [1.29, 1.82) is 0 Å². The maximum Gasteiger partial charge on any atom is 0.255 e. The van der Waals surface area contributed by atoms with Gasteiger partial charge in [0.2, 0.25) is 5.91 Å². The Balaban J connectivity index is 1.18. The number of carbonyl (C=O) groups excluding carboxylic acids is 2. The number of benzene rings is 4. The number of para-hydroxylation sites is 2. The first kappa shape index (κ1) is 24.5. The monoisotopic (exact) mass is 509 g/mol. The van der Waals surface area contributed by atoms with Crippen LogP contribution in [0.15, 0.2) is 107 Å². The fourth-order valence-electron chi connectivity index (χ4n) is 4.17. The summed E-state index contributed by atoms with van der Waals surface area (Å²) in [6, 6.07) is 30.6. The lowest BCUT2D eigenvalue weighted by molar-refractivity contribution is -0.116. The molecule has 0 saturated heterocycles. The molecule has 0 atom stereocenters. The Bertz CT molecular complexity index is 1360. The molecule has 4 aromatic rings. The Hall–Kier alpha value is -4.23. The molecular formula is C30H27N3O3S. The van der Waals surface area contributed by atoms with E-state index in [1.54, 1.807) is 48.2 Å². The van der Waals surface area contributed by atoms with Crippen LogP contribution in [0.5, 0.6) is 5.75 Å². The summed E-state index contributed by atoms with van der Waals surface area (Å²) in [5.41, 5.74) is 4.07. The van der Waals surface area contributed by atoms with Crippen molar-refractivity contribution in [3.8, 4) is 5.75 Å². The van der Waals surface area contributed by atoms with E-state index >= 15 is 0 Å². The third-order valence-electron chi connectivity index (χ3n) is 5.95. The Kier molecular flexibility index (Phi) is 7.42. The number of rotatable bonds is 8. The minimum absolute atomic E-state index is 0.0835. The molecule has 0 bridgehead atoms. The molecule has 1 aliphatic rings. The first-order valence-corrected chi connectivity index (χ1v) is 13.0. The number of amides is 2. The standard InChI is InChI=1S/C30H27N3O3S/c1-2-36-24-17-15-23(16-18-24)32-30(35)21-11-13-22(14-12-21)31-29(34)19-20-33-25-7-3-5-9-27(25)37-28-10-6-4-8-26(28)33/h3-18H,2,19-20H2,1H3,(H,31,34)(H,32,35). The maximum absolute atomic E-state index is 12.8. The topological polar surface area (TPSA) is 70.7 Å². The van der Waals surface area contributed by atoms with Crippen LogP contribution in [0.25, 0.3) is 0 Å². The molecule has 0 aliphatic carbocycles. The second-order valence-electron chi connectivity index (χ2n) is 8.48. The first-order valence-electron chi connectivity index (χ1n) is 12.2. The van der Waals surface area contributed by atoms with E-state index in [-0.39, 0.29) is 11.8 Å². The van der Waals surface area contributed by atoms with E-state index in [2.05, 4.69) is 39.8 Å². The van der Waals surface area contributed by atoms with Gasteiger partial charge in [-0.25, -0.2) is 0 Å². The fraction of sp³-hybridized carbons (Fsp3) is 0.133. The van der Waals surface area contributed by atoms with Crippen LogP contribution in [0.2, 0.25) is 0 Å². The number of nitrogens with zero attached hydrogens (tertiary/aromatic N) is 1. The molecule has 0 radical (unpaired) electrons. The summed E-state index contributed by atoms with van der Waals surface area (Å²) < 4.78 is 5.43. The number of anilines is 4. The van der Waals surface area contributed by atoms with Crippen molar-refractivity contribution in [2.24, 2.45) is 0 Å². The highest BCUT2D eigenvalue weighted by molar-refractivity contribution is 7.99. The summed E-state index contributed by atoms with van der Waals surface area (Å²) in [4.78, 5) is 29.9. The van der Waals surface area contributed by atoms with Crippen molar-refractivity contribution >= 4 is 46.3 Å². The Morgan fingerprint density at radius 3 is 1.95 bits per heavy atom. The van der Waals surface area contributed by atoms with Crippen LogP contribution in [0.3, 0.4) is 0 Å². The van der Waals surface area contributed by atoms with E-state index in [0.29, 0.717) is 36.5 Å². The second kappa shape index (κ2) is 11.2. The number of hydrogen-bond donors (Lipinski definition) is 2. The highest BCUT2D eigenvalue weighted by Crippen LogP contribution is 2.47. The summed E-state index contributed by atoms with van der Waals surface area (Å²) in [6.45, 7) is 3.07. The highest BCUT2D eigenvalue weighted by Gasteiger charge is 2.23. The molecule has 186 valence electrons. The molecule has 0 saturated carbocycles. The smallest absolute Gasteiger partial charge is 0.255 e. The molecule has 7 heteroatoms. The molecule has 1 aliphatic heterocycles. The number of ether oxygens (including phenoxy) is 1. The minimum Gasteiger partial charge on any atom is -0.494 e. The Labute approximate surface area is 220 Å². The lowest BCUT2D eigenvalue weighted by Gasteiger charge is -2.32. The summed E-state index contributed by atoms with van der Waals surface area (Å²) in [5.74, 6) is 0.454. The van der Waals surface area contributed by atoms with E-state index in [1.807, 2.05) is 43.3 Å². The average molecular weight is 510 g/mol. The second-order valence-corrected chi connectivity index (χ2v) is 9.56. The van der Waals surface area contributed by atoms with Crippen molar-refractivity contribution in [3.63, 3.8) is 0 Å². The van der Waals surface area contributed by atoms with Gasteiger partial charge in [0.15, 0.2) is 0 Å². The minimum atomic E-state index is -0.220. The number of carbonyl (C=O) groups is 2. The van der Waals surface area contributed by atoms with Gasteiger partial charge in [-0.2, -0.15) is 0 Å². The van der Waals surface area contributed by atoms with Gasteiger partial charge in [0.25, 0.3) is 5.91 Å². The largest absolute Gasteiger partial charge is 0.494 e. The molecule has 0 fully saturated rings. The molecular weight excluding hydrogens is 482 g/mol. The van der Waals surface area contributed by atoms with Gasteiger partial charge in [-0.3, -0.25) is 9.59 Å². The van der Waals surface area contributed by atoms with Gasteiger partial charge in [-0.1, -0.05) is 36.0 Å². The quantitative estimate of drug-likeness (QED) is 0.268. The zero-order valence-corrected chi connectivity index (χ0v) is 21.3. The normalized spacial score (nSPS) is 11.8. The van der Waals surface area contributed by atoms with Crippen molar-refractivity contribution in [3.05, 3.63) is 103 Å². The molecule has 37 heavy (non-hydrogen) atoms. The van der Waals surface area contributed by atoms with Crippen LogP contribution in [-0.4, -0.2) is 25.0 Å². The molecule has 5 rings (SSSR count). The van der Waals surface area contributed by atoms with Crippen LogP contribution < -0.4 is 20.3 Å². The van der Waals surface area contributed by atoms with Crippen molar-refractivity contribution in [1.82, 2.24) is 0 Å². The predicted molar refractivity (Wildman–Crippen MR) is 149 cm³/mol. The lowest BCUT2D eigenvalue weighted by atomic mass is 10.1. The molecule has 0 spiro atoms. The third-order valence-corrected chi connectivity index (χ3v) is 7.08. The predicted octanol–water partition coefficient (Wildman–Crippen LogP) is 6.97. The molecule has 4 aromatic carbocycles. The highest BCUT2D eigenvalue weighted by atomic mass is 32.2. The van der Waals surface area contributed by atoms with Gasteiger partial charge in [-0.15, -0.1) is 0 Å².